The summed E-state index contributed by atoms with van der Waals surface area (Å²) in [5, 5.41) is 6.87. The van der Waals surface area contributed by atoms with Crippen molar-refractivity contribution in [3.8, 4) is 0 Å². The average molecular weight is 289 g/mol. The summed E-state index contributed by atoms with van der Waals surface area (Å²) in [6, 6.07) is 2.59. The lowest BCUT2D eigenvalue weighted by atomic mass is 9.86. The maximum atomic E-state index is 5.88. The summed E-state index contributed by atoms with van der Waals surface area (Å²) in [4.78, 5) is 0. The molecule has 0 amide bonds. The van der Waals surface area contributed by atoms with Gasteiger partial charge in [0.15, 0.2) is 0 Å². The third-order valence-corrected chi connectivity index (χ3v) is 4.67. The molecule has 1 saturated carbocycles. The van der Waals surface area contributed by atoms with Gasteiger partial charge < -0.3 is 11.1 Å². The zero-order chi connectivity index (χ0) is 10.7. The van der Waals surface area contributed by atoms with Crippen LogP contribution < -0.4 is 11.1 Å². The van der Waals surface area contributed by atoms with Gasteiger partial charge in [0.2, 0.25) is 0 Å². The largest absolute Gasteiger partial charge is 0.377 e. The van der Waals surface area contributed by atoms with Gasteiger partial charge in [0, 0.05) is 22.4 Å². The van der Waals surface area contributed by atoms with Crippen molar-refractivity contribution in [1.82, 2.24) is 0 Å². The van der Waals surface area contributed by atoms with Crippen LogP contribution in [-0.4, -0.2) is 12.6 Å². The van der Waals surface area contributed by atoms with E-state index in [4.69, 9.17) is 5.73 Å². The number of nitrogens with two attached hydrogens (primary N) is 1. The zero-order valence-corrected chi connectivity index (χ0v) is 11.1. The molecule has 0 spiro atoms. The molecule has 4 heteroatoms. The molecular formula is C11H17BrN2S. The minimum absolute atomic E-state index is 0.456. The van der Waals surface area contributed by atoms with E-state index < -0.39 is 0 Å². The van der Waals surface area contributed by atoms with E-state index in [1.165, 1.54) is 35.2 Å². The van der Waals surface area contributed by atoms with Crippen molar-refractivity contribution in [2.75, 3.05) is 11.9 Å². The number of halogens is 1. The Morgan fingerprint density at radius 3 is 2.73 bits per heavy atom. The van der Waals surface area contributed by atoms with Crippen LogP contribution in [0.4, 0.5) is 5.00 Å². The maximum Gasteiger partial charge on any atom is 0.0894 e. The minimum atomic E-state index is 0.456. The second-order valence-electron chi connectivity index (χ2n) is 4.29. The Balaban J connectivity index is 1.74. The normalized spacial score (nSPS) is 26.5. The monoisotopic (exact) mass is 288 g/mol. The molecule has 0 atom stereocenters. The van der Waals surface area contributed by atoms with Crippen LogP contribution >= 0.6 is 27.3 Å². The van der Waals surface area contributed by atoms with Gasteiger partial charge in [-0.3, -0.25) is 0 Å². The number of nitrogens with one attached hydrogen (secondary N) is 1. The van der Waals surface area contributed by atoms with E-state index in [-0.39, 0.29) is 0 Å². The van der Waals surface area contributed by atoms with Crippen molar-refractivity contribution in [3.63, 3.8) is 0 Å². The lowest BCUT2D eigenvalue weighted by molar-refractivity contribution is 0.339. The molecule has 2 rings (SSSR count). The van der Waals surface area contributed by atoms with E-state index in [0.29, 0.717) is 6.04 Å². The summed E-state index contributed by atoms with van der Waals surface area (Å²) >= 11 is 5.22. The Labute approximate surface area is 103 Å². The maximum absolute atomic E-state index is 5.88. The Morgan fingerprint density at radius 1 is 1.40 bits per heavy atom. The molecular weight excluding hydrogens is 272 g/mol. The Hall–Kier alpha value is -0.0600. The highest BCUT2D eigenvalue weighted by atomic mass is 79.9. The summed E-state index contributed by atoms with van der Waals surface area (Å²) in [5.41, 5.74) is 5.88. The average Bonchev–Trinajstić information content (AvgIpc) is 2.64. The number of rotatable bonds is 3. The van der Waals surface area contributed by atoms with Gasteiger partial charge in [0.25, 0.3) is 0 Å². The molecule has 3 N–H and O–H groups in total. The van der Waals surface area contributed by atoms with Gasteiger partial charge in [-0.15, -0.1) is 11.3 Å². The lowest BCUT2D eigenvalue weighted by Crippen LogP contribution is -2.29. The zero-order valence-electron chi connectivity index (χ0n) is 8.71. The summed E-state index contributed by atoms with van der Waals surface area (Å²) in [6.45, 7) is 1.10. The topological polar surface area (TPSA) is 38.0 Å². The summed E-state index contributed by atoms with van der Waals surface area (Å²) in [6.07, 6.45) is 4.95. The molecule has 84 valence electrons. The standard InChI is InChI=1S/C11H17BrN2S/c12-9-5-11(15-7-9)14-6-8-1-3-10(13)4-2-8/h5,7-8,10,14H,1-4,6,13H2. The van der Waals surface area contributed by atoms with E-state index in [9.17, 15) is 0 Å². The van der Waals surface area contributed by atoms with E-state index in [1.807, 2.05) is 0 Å². The van der Waals surface area contributed by atoms with Crippen molar-refractivity contribution in [2.45, 2.75) is 31.7 Å². The Bertz CT molecular complexity index is 305. The van der Waals surface area contributed by atoms with E-state index >= 15 is 0 Å². The first kappa shape index (κ1) is 11.4. The fraction of sp³-hybridized carbons (Fsp3) is 0.636. The first-order chi connectivity index (χ1) is 7.24. The first-order valence-corrected chi connectivity index (χ1v) is 7.15. The van der Waals surface area contributed by atoms with Crippen LogP contribution in [-0.2, 0) is 0 Å². The molecule has 15 heavy (non-hydrogen) atoms. The predicted octanol–water partition coefficient (Wildman–Crippen LogP) is 3.44. The molecule has 0 radical (unpaired) electrons. The highest BCUT2D eigenvalue weighted by molar-refractivity contribution is 9.10. The fourth-order valence-corrected chi connectivity index (χ4v) is 3.37. The highest BCUT2D eigenvalue weighted by Crippen LogP contribution is 2.27. The van der Waals surface area contributed by atoms with E-state index in [0.717, 1.165) is 12.5 Å². The Kier molecular flexibility index (Phi) is 4.05. The smallest absolute Gasteiger partial charge is 0.0894 e. The number of hydrogen-bond donors (Lipinski definition) is 2. The molecule has 1 aromatic rings. The van der Waals surface area contributed by atoms with Gasteiger partial charge in [-0.05, 0) is 53.6 Å². The van der Waals surface area contributed by atoms with Crippen molar-refractivity contribution in [3.05, 3.63) is 15.9 Å². The second kappa shape index (κ2) is 5.32. The molecule has 0 unspecified atom stereocenters. The van der Waals surface area contributed by atoms with Crippen LogP contribution in [0.2, 0.25) is 0 Å². The minimum Gasteiger partial charge on any atom is -0.377 e. The van der Waals surface area contributed by atoms with Crippen molar-refractivity contribution >= 4 is 32.3 Å². The molecule has 1 fully saturated rings. The molecule has 0 bridgehead atoms. The van der Waals surface area contributed by atoms with Crippen LogP contribution in [0.25, 0.3) is 0 Å². The quantitative estimate of drug-likeness (QED) is 0.894. The summed E-state index contributed by atoms with van der Waals surface area (Å²) < 4.78 is 1.17. The molecule has 1 heterocycles. The van der Waals surface area contributed by atoms with Gasteiger partial charge in [-0.1, -0.05) is 0 Å². The Morgan fingerprint density at radius 2 is 2.13 bits per heavy atom. The molecule has 1 aliphatic carbocycles. The first-order valence-electron chi connectivity index (χ1n) is 5.47. The second-order valence-corrected chi connectivity index (χ2v) is 6.12. The van der Waals surface area contributed by atoms with Crippen molar-refractivity contribution in [1.29, 1.82) is 0 Å². The lowest BCUT2D eigenvalue weighted by Gasteiger charge is -2.26. The molecule has 0 aromatic carbocycles. The van der Waals surface area contributed by atoms with Crippen molar-refractivity contribution < 1.29 is 0 Å². The van der Waals surface area contributed by atoms with Crippen molar-refractivity contribution in [2.24, 2.45) is 11.7 Å². The highest BCUT2D eigenvalue weighted by Gasteiger charge is 2.18. The molecule has 1 aromatic heterocycles. The number of thiophene rings is 1. The number of anilines is 1. The molecule has 2 nitrogen and oxygen atoms in total. The molecule has 0 saturated heterocycles. The SMILES string of the molecule is NC1CCC(CNc2cc(Br)cs2)CC1. The van der Waals surface area contributed by atoms with Gasteiger partial charge in [0.05, 0.1) is 5.00 Å². The molecule has 1 aliphatic rings. The predicted molar refractivity (Wildman–Crippen MR) is 70.4 cm³/mol. The third kappa shape index (κ3) is 3.47. The van der Waals surface area contributed by atoms with Crippen LogP contribution in [0.5, 0.6) is 0 Å². The fourth-order valence-electron chi connectivity index (χ4n) is 2.04. The van der Waals surface area contributed by atoms with Gasteiger partial charge in [-0.2, -0.15) is 0 Å². The van der Waals surface area contributed by atoms with Crippen LogP contribution in [0, 0.1) is 5.92 Å². The molecule has 0 aliphatic heterocycles. The van der Waals surface area contributed by atoms with Gasteiger partial charge in [-0.25, -0.2) is 0 Å². The summed E-state index contributed by atoms with van der Waals surface area (Å²) in [5.74, 6) is 0.811. The number of hydrogen-bond acceptors (Lipinski definition) is 3. The van der Waals surface area contributed by atoms with Crippen LogP contribution in [0.15, 0.2) is 15.9 Å². The third-order valence-electron chi connectivity index (χ3n) is 3.02. The van der Waals surface area contributed by atoms with E-state index in [1.54, 1.807) is 11.3 Å². The van der Waals surface area contributed by atoms with Gasteiger partial charge >= 0.3 is 0 Å². The van der Waals surface area contributed by atoms with E-state index in [2.05, 4.69) is 32.7 Å². The van der Waals surface area contributed by atoms with Crippen LogP contribution in [0.1, 0.15) is 25.7 Å². The summed E-state index contributed by atoms with van der Waals surface area (Å²) in [7, 11) is 0. The van der Waals surface area contributed by atoms with Crippen LogP contribution in [0.3, 0.4) is 0 Å². The van der Waals surface area contributed by atoms with Gasteiger partial charge in [0.1, 0.15) is 0 Å².